The molecule has 0 spiro atoms. The average molecular weight is 339 g/mol. The Balaban J connectivity index is 1.77. The van der Waals surface area contributed by atoms with Gasteiger partial charge in [0.05, 0.1) is 23.5 Å². The number of carbonyl (C=O) groups excluding carboxylic acids is 1. The summed E-state index contributed by atoms with van der Waals surface area (Å²) in [5.41, 5.74) is 5.93. The molecule has 2 N–H and O–H groups in total. The van der Waals surface area contributed by atoms with Gasteiger partial charge in [0.2, 0.25) is 0 Å². The van der Waals surface area contributed by atoms with Gasteiger partial charge in [-0.3, -0.25) is 10.3 Å². The Morgan fingerprint density at radius 3 is 2.68 bits per heavy atom. The van der Waals surface area contributed by atoms with Crippen molar-refractivity contribution in [3.63, 3.8) is 0 Å². The molecule has 0 aromatic heterocycles. The number of aromatic carboxylic acids is 1. The summed E-state index contributed by atoms with van der Waals surface area (Å²) in [6.07, 6.45) is -0.352. The maximum Gasteiger partial charge on any atom is 0.414 e. The molecule has 1 amide bonds. The molecule has 0 aliphatic carbocycles. The SMILES string of the molecule is C/C(=N/Nc1cccc(C(=O)O)c1)c1cccc(N2CCOC2=O)c1. The van der Waals surface area contributed by atoms with Crippen LogP contribution in [0.15, 0.2) is 53.6 Å². The van der Waals surface area contributed by atoms with Crippen LogP contribution in [-0.4, -0.2) is 36.0 Å². The highest BCUT2D eigenvalue weighted by Gasteiger charge is 2.23. The number of hydrazone groups is 1. The molecule has 0 unspecified atom stereocenters. The van der Waals surface area contributed by atoms with E-state index in [-0.39, 0.29) is 11.7 Å². The number of benzene rings is 2. The van der Waals surface area contributed by atoms with E-state index in [4.69, 9.17) is 9.84 Å². The fraction of sp³-hybridized carbons (Fsp3) is 0.167. The number of rotatable bonds is 5. The van der Waals surface area contributed by atoms with Gasteiger partial charge in [-0.25, -0.2) is 9.59 Å². The van der Waals surface area contributed by atoms with E-state index in [0.29, 0.717) is 24.6 Å². The predicted octanol–water partition coefficient (Wildman–Crippen LogP) is 3.18. The summed E-state index contributed by atoms with van der Waals surface area (Å²) >= 11 is 0. The van der Waals surface area contributed by atoms with Crippen LogP contribution in [0.2, 0.25) is 0 Å². The van der Waals surface area contributed by atoms with Gasteiger partial charge in [0.15, 0.2) is 0 Å². The van der Waals surface area contributed by atoms with Crippen molar-refractivity contribution < 1.29 is 19.4 Å². The third-order valence-electron chi connectivity index (χ3n) is 3.80. The van der Waals surface area contributed by atoms with Crippen LogP contribution in [-0.2, 0) is 4.74 Å². The molecule has 0 radical (unpaired) electrons. The van der Waals surface area contributed by atoms with Crippen molar-refractivity contribution >= 4 is 29.1 Å². The first-order chi connectivity index (χ1) is 12.0. The number of carboxylic acid groups (broad SMARTS) is 1. The van der Waals surface area contributed by atoms with E-state index in [1.54, 1.807) is 17.0 Å². The highest BCUT2D eigenvalue weighted by Crippen LogP contribution is 2.20. The van der Waals surface area contributed by atoms with E-state index >= 15 is 0 Å². The lowest BCUT2D eigenvalue weighted by Crippen LogP contribution is -2.23. The standard InChI is InChI=1S/C18H17N3O4/c1-12(19-20-15-6-2-5-14(10-15)17(22)23)13-4-3-7-16(11-13)21-8-9-25-18(21)24/h2-7,10-11,20H,8-9H2,1H3,(H,22,23)/b19-12-. The van der Waals surface area contributed by atoms with Crippen molar-refractivity contribution in [2.45, 2.75) is 6.92 Å². The molecule has 128 valence electrons. The molecule has 3 rings (SSSR count). The van der Waals surface area contributed by atoms with Gasteiger partial charge >= 0.3 is 12.1 Å². The Morgan fingerprint density at radius 2 is 1.96 bits per heavy atom. The van der Waals surface area contributed by atoms with Crippen molar-refractivity contribution in [2.24, 2.45) is 5.10 Å². The second-order valence-corrected chi connectivity index (χ2v) is 5.51. The van der Waals surface area contributed by atoms with E-state index in [1.165, 1.54) is 12.1 Å². The molecule has 2 aromatic rings. The number of cyclic esters (lactones) is 1. The smallest absolute Gasteiger partial charge is 0.414 e. The van der Waals surface area contributed by atoms with Gasteiger partial charge in [-0.05, 0) is 42.8 Å². The number of hydrogen-bond acceptors (Lipinski definition) is 5. The van der Waals surface area contributed by atoms with Gasteiger partial charge in [0.25, 0.3) is 0 Å². The third kappa shape index (κ3) is 3.77. The maximum absolute atomic E-state index is 11.7. The molecule has 1 heterocycles. The molecule has 7 nitrogen and oxygen atoms in total. The maximum atomic E-state index is 11.7. The first-order valence-electron chi connectivity index (χ1n) is 7.73. The van der Waals surface area contributed by atoms with Gasteiger partial charge in [0, 0.05) is 5.69 Å². The van der Waals surface area contributed by atoms with Crippen LogP contribution in [0.3, 0.4) is 0 Å². The Hall–Kier alpha value is -3.35. The Morgan fingerprint density at radius 1 is 1.20 bits per heavy atom. The molecule has 2 aromatic carbocycles. The molecule has 0 bridgehead atoms. The minimum atomic E-state index is -0.991. The van der Waals surface area contributed by atoms with Crippen LogP contribution in [0, 0.1) is 0 Å². The molecule has 1 aliphatic heterocycles. The molecule has 25 heavy (non-hydrogen) atoms. The molecule has 7 heteroatoms. The minimum Gasteiger partial charge on any atom is -0.478 e. The number of ether oxygens (including phenoxy) is 1. The Kier molecular flexibility index (Phi) is 4.65. The zero-order valence-corrected chi connectivity index (χ0v) is 13.6. The van der Waals surface area contributed by atoms with Gasteiger partial charge in [-0.15, -0.1) is 0 Å². The molecular formula is C18H17N3O4. The number of nitrogens with zero attached hydrogens (tertiary/aromatic N) is 2. The van der Waals surface area contributed by atoms with Crippen molar-refractivity contribution in [2.75, 3.05) is 23.5 Å². The number of anilines is 2. The molecule has 1 fully saturated rings. The highest BCUT2D eigenvalue weighted by molar-refractivity contribution is 6.01. The monoisotopic (exact) mass is 339 g/mol. The van der Waals surface area contributed by atoms with Crippen LogP contribution in [0.1, 0.15) is 22.8 Å². The summed E-state index contributed by atoms with van der Waals surface area (Å²) in [6.45, 7) is 2.74. The van der Waals surface area contributed by atoms with Crippen molar-refractivity contribution in [3.8, 4) is 0 Å². The third-order valence-corrected chi connectivity index (χ3v) is 3.80. The van der Waals surface area contributed by atoms with Gasteiger partial charge < -0.3 is 9.84 Å². The van der Waals surface area contributed by atoms with E-state index in [1.807, 2.05) is 31.2 Å². The summed E-state index contributed by atoms with van der Waals surface area (Å²) in [6, 6.07) is 13.8. The number of amides is 1. The fourth-order valence-corrected chi connectivity index (χ4v) is 2.46. The largest absolute Gasteiger partial charge is 0.478 e. The first kappa shape index (κ1) is 16.5. The average Bonchev–Trinajstić information content (AvgIpc) is 3.06. The summed E-state index contributed by atoms with van der Waals surface area (Å²) in [7, 11) is 0. The lowest BCUT2D eigenvalue weighted by Gasteiger charge is -2.13. The van der Waals surface area contributed by atoms with Crippen molar-refractivity contribution in [1.29, 1.82) is 0 Å². The molecule has 1 aliphatic rings. The molecular weight excluding hydrogens is 322 g/mol. The summed E-state index contributed by atoms with van der Waals surface area (Å²) < 4.78 is 4.95. The van der Waals surface area contributed by atoms with Crippen molar-refractivity contribution in [3.05, 3.63) is 59.7 Å². The summed E-state index contributed by atoms with van der Waals surface area (Å²) in [5.74, 6) is -0.991. The normalized spacial score (nSPS) is 14.4. The second-order valence-electron chi connectivity index (χ2n) is 5.51. The Bertz CT molecular complexity index is 848. The number of nitrogens with one attached hydrogen (secondary N) is 1. The summed E-state index contributed by atoms with van der Waals surface area (Å²) in [5, 5.41) is 13.3. The van der Waals surface area contributed by atoms with Crippen LogP contribution < -0.4 is 10.3 Å². The van der Waals surface area contributed by atoms with E-state index in [9.17, 15) is 9.59 Å². The van der Waals surface area contributed by atoms with Gasteiger partial charge in [-0.2, -0.15) is 5.10 Å². The quantitative estimate of drug-likeness (QED) is 0.645. The zero-order chi connectivity index (χ0) is 17.8. The topological polar surface area (TPSA) is 91.2 Å². The lowest BCUT2D eigenvalue weighted by atomic mass is 10.1. The fourth-order valence-electron chi connectivity index (χ4n) is 2.46. The summed E-state index contributed by atoms with van der Waals surface area (Å²) in [4.78, 5) is 24.2. The lowest BCUT2D eigenvalue weighted by molar-refractivity contribution is 0.0697. The number of carbonyl (C=O) groups is 2. The molecule has 0 atom stereocenters. The van der Waals surface area contributed by atoms with Crippen molar-refractivity contribution in [1.82, 2.24) is 0 Å². The van der Waals surface area contributed by atoms with E-state index in [2.05, 4.69) is 10.5 Å². The molecule has 0 saturated carbocycles. The first-order valence-corrected chi connectivity index (χ1v) is 7.73. The zero-order valence-electron chi connectivity index (χ0n) is 13.6. The van der Waals surface area contributed by atoms with E-state index < -0.39 is 5.97 Å². The Labute approximate surface area is 144 Å². The number of carboxylic acids is 1. The van der Waals surface area contributed by atoms with Crippen LogP contribution in [0.25, 0.3) is 0 Å². The van der Waals surface area contributed by atoms with Crippen LogP contribution in [0.4, 0.5) is 16.2 Å². The molecule has 1 saturated heterocycles. The van der Waals surface area contributed by atoms with Gasteiger partial charge in [-0.1, -0.05) is 18.2 Å². The van der Waals surface area contributed by atoms with Crippen LogP contribution in [0.5, 0.6) is 0 Å². The van der Waals surface area contributed by atoms with Crippen LogP contribution >= 0.6 is 0 Å². The number of hydrogen-bond donors (Lipinski definition) is 2. The van der Waals surface area contributed by atoms with Gasteiger partial charge in [0.1, 0.15) is 6.61 Å². The predicted molar refractivity (Wildman–Crippen MR) is 94.4 cm³/mol. The minimum absolute atomic E-state index is 0.187. The van der Waals surface area contributed by atoms with E-state index in [0.717, 1.165) is 11.3 Å². The second kappa shape index (κ2) is 7.04. The highest BCUT2D eigenvalue weighted by atomic mass is 16.6.